The fourth-order valence-electron chi connectivity index (χ4n) is 3.35. The van der Waals surface area contributed by atoms with E-state index in [9.17, 15) is 4.79 Å². The summed E-state index contributed by atoms with van der Waals surface area (Å²) in [5.41, 5.74) is 12.4. The van der Waals surface area contributed by atoms with Crippen molar-refractivity contribution in [1.29, 1.82) is 0 Å². The number of primary amides is 1. The smallest absolute Gasteiger partial charge is 0.250 e. The molecule has 0 saturated carbocycles. The Morgan fingerprint density at radius 3 is 2.00 bits per heavy atom. The highest BCUT2D eigenvalue weighted by Gasteiger charge is 2.15. The third-order valence-electron chi connectivity index (χ3n) is 4.56. The number of nitrogens with one attached hydrogen (secondary N) is 1. The number of aromatic amines is 1. The molecule has 0 radical (unpaired) electrons. The highest BCUT2D eigenvalue weighted by molar-refractivity contribution is 6.05. The van der Waals surface area contributed by atoms with Crippen LogP contribution in [0, 0.1) is 0 Å². The van der Waals surface area contributed by atoms with Crippen LogP contribution in [-0.4, -0.2) is 10.9 Å². The zero-order valence-corrected chi connectivity index (χ0v) is 13.7. The molecule has 3 nitrogen and oxygen atoms in total. The maximum Gasteiger partial charge on any atom is 0.250 e. The summed E-state index contributed by atoms with van der Waals surface area (Å²) in [6, 6.07) is 24.9. The first-order chi connectivity index (χ1) is 12.2. The molecule has 122 valence electrons. The van der Waals surface area contributed by atoms with Crippen LogP contribution in [0.5, 0.6) is 0 Å². The first-order valence-corrected chi connectivity index (χ1v) is 8.26. The number of carbonyl (C=O) groups is 1. The molecule has 25 heavy (non-hydrogen) atoms. The molecular weight excluding hydrogens is 308 g/mol. The Balaban J connectivity index is 0.000000126. The largest absolute Gasteiger partial charge is 0.366 e. The van der Waals surface area contributed by atoms with E-state index >= 15 is 0 Å². The molecule has 0 aliphatic heterocycles. The minimum atomic E-state index is -0.396. The summed E-state index contributed by atoms with van der Waals surface area (Å²) in [5, 5.41) is 0.880. The fourth-order valence-corrected chi connectivity index (χ4v) is 3.35. The summed E-state index contributed by atoms with van der Waals surface area (Å²) in [6.07, 6.45) is 2.74. The second-order valence-corrected chi connectivity index (χ2v) is 6.10. The van der Waals surface area contributed by atoms with Crippen molar-refractivity contribution in [3.8, 4) is 11.1 Å². The number of hydrogen-bond acceptors (Lipinski definition) is 1. The Morgan fingerprint density at radius 2 is 1.36 bits per heavy atom. The molecule has 3 heteroatoms. The lowest BCUT2D eigenvalue weighted by molar-refractivity contribution is 0.100. The van der Waals surface area contributed by atoms with Gasteiger partial charge in [-0.1, -0.05) is 66.7 Å². The van der Waals surface area contributed by atoms with Gasteiger partial charge in [0.15, 0.2) is 0 Å². The summed E-state index contributed by atoms with van der Waals surface area (Å²) < 4.78 is 0. The van der Waals surface area contributed by atoms with E-state index in [-0.39, 0.29) is 0 Å². The van der Waals surface area contributed by atoms with Gasteiger partial charge in [0.05, 0.1) is 5.56 Å². The Labute approximate surface area is 146 Å². The lowest BCUT2D eigenvalue weighted by Gasteiger charge is -1.98. The minimum absolute atomic E-state index is 0.396. The summed E-state index contributed by atoms with van der Waals surface area (Å²) >= 11 is 0. The molecule has 0 spiro atoms. The molecule has 0 fully saturated rings. The molecule has 4 aromatic rings. The van der Waals surface area contributed by atoms with Crippen LogP contribution < -0.4 is 5.73 Å². The van der Waals surface area contributed by atoms with E-state index in [1.54, 1.807) is 6.20 Å². The van der Waals surface area contributed by atoms with Crippen molar-refractivity contribution in [2.45, 2.75) is 6.42 Å². The standard InChI is InChI=1S/C13H10.C9H8N2O/c1-3-7-12-10(5-1)9-11-6-2-4-8-13(11)12;10-9(12)7-5-11-8-4-2-1-3-6(7)8/h1-8H,9H2;1-5,11H,(H2,10,12). The zero-order chi connectivity index (χ0) is 17.2. The van der Waals surface area contributed by atoms with Crippen LogP contribution >= 0.6 is 0 Å². The predicted molar refractivity (Wildman–Crippen MR) is 102 cm³/mol. The normalized spacial score (nSPS) is 11.4. The van der Waals surface area contributed by atoms with Gasteiger partial charge in [0.2, 0.25) is 0 Å². The molecule has 5 rings (SSSR count). The van der Waals surface area contributed by atoms with Crippen LogP contribution in [0.3, 0.4) is 0 Å². The molecule has 1 heterocycles. The second kappa shape index (κ2) is 6.29. The van der Waals surface area contributed by atoms with Gasteiger partial charge < -0.3 is 10.7 Å². The quantitative estimate of drug-likeness (QED) is 0.467. The third-order valence-corrected chi connectivity index (χ3v) is 4.56. The number of para-hydroxylation sites is 1. The van der Waals surface area contributed by atoms with Gasteiger partial charge in [-0.3, -0.25) is 4.79 Å². The highest BCUT2D eigenvalue weighted by Crippen LogP contribution is 2.35. The van der Waals surface area contributed by atoms with Crippen LogP contribution in [0.4, 0.5) is 0 Å². The summed E-state index contributed by atoms with van der Waals surface area (Å²) in [5.74, 6) is -0.396. The lowest BCUT2D eigenvalue weighted by Crippen LogP contribution is -2.09. The first-order valence-electron chi connectivity index (χ1n) is 8.26. The van der Waals surface area contributed by atoms with Crippen molar-refractivity contribution >= 4 is 16.8 Å². The number of hydrogen-bond donors (Lipinski definition) is 2. The summed E-state index contributed by atoms with van der Waals surface area (Å²) in [7, 11) is 0. The van der Waals surface area contributed by atoms with Gasteiger partial charge in [-0.05, 0) is 34.7 Å². The fraction of sp³-hybridized carbons (Fsp3) is 0.0455. The number of rotatable bonds is 1. The van der Waals surface area contributed by atoms with Crippen molar-refractivity contribution in [1.82, 2.24) is 4.98 Å². The van der Waals surface area contributed by atoms with Gasteiger partial charge in [-0.25, -0.2) is 0 Å². The third kappa shape index (κ3) is 2.81. The second-order valence-electron chi connectivity index (χ2n) is 6.10. The maximum atomic E-state index is 10.9. The molecule has 1 aliphatic rings. The molecule has 0 atom stereocenters. The average Bonchev–Trinajstić information content (AvgIpc) is 3.24. The Hall–Kier alpha value is -3.33. The predicted octanol–water partition coefficient (Wildman–Crippen LogP) is 4.52. The number of amides is 1. The monoisotopic (exact) mass is 326 g/mol. The van der Waals surface area contributed by atoms with Gasteiger partial charge in [-0.15, -0.1) is 0 Å². The van der Waals surface area contributed by atoms with Crippen LogP contribution in [-0.2, 0) is 6.42 Å². The van der Waals surface area contributed by atoms with E-state index in [0.717, 1.165) is 17.3 Å². The number of aromatic nitrogens is 1. The maximum absolute atomic E-state index is 10.9. The number of carbonyl (C=O) groups excluding carboxylic acids is 1. The topological polar surface area (TPSA) is 58.9 Å². The molecule has 0 unspecified atom stereocenters. The lowest BCUT2D eigenvalue weighted by atomic mass is 10.1. The van der Waals surface area contributed by atoms with Gasteiger partial charge >= 0.3 is 0 Å². The van der Waals surface area contributed by atoms with Crippen LogP contribution in [0.2, 0.25) is 0 Å². The highest BCUT2D eigenvalue weighted by atomic mass is 16.1. The molecule has 0 saturated heterocycles. The number of benzene rings is 3. The molecule has 3 aromatic carbocycles. The number of H-pyrrole nitrogens is 1. The van der Waals surface area contributed by atoms with Crippen molar-refractivity contribution < 1.29 is 4.79 Å². The van der Waals surface area contributed by atoms with Crippen LogP contribution in [0.1, 0.15) is 21.5 Å². The minimum Gasteiger partial charge on any atom is -0.366 e. The van der Waals surface area contributed by atoms with Crippen molar-refractivity contribution in [3.05, 3.63) is 95.7 Å². The molecule has 1 amide bonds. The van der Waals surface area contributed by atoms with Gasteiger partial charge in [-0.2, -0.15) is 0 Å². The van der Waals surface area contributed by atoms with E-state index in [0.29, 0.717) is 5.56 Å². The summed E-state index contributed by atoms with van der Waals surface area (Å²) in [4.78, 5) is 13.8. The number of fused-ring (bicyclic) bond motifs is 4. The van der Waals surface area contributed by atoms with Crippen molar-refractivity contribution in [2.75, 3.05) is 0 Å². The molecular formula is C22H18N2O. The Bertz CT molecular complexity index is 1020. The molecule has 1 aliphatic carbocycles. The van der Waals surface area contributed by atoms with Crippen LogP contribution in [0.15, 0.2) is 79.0 Å². The van der Waals surface area contributed by atoms with E-state index in [4.69, 9.17) is 5.73 Å². The molecule has 1 aromatic heterocycles. The number of nitrogens with two attached hydrogens (primary N) is 1. The SMILES string of the molecule is NC(=O)c1c[nH]c2ccccc12.c1ccc2c(c1)Cc1ccccc1-2. The first kappa shape index (κ1) is 15.2. The van der Waals surface area contributed by atoms with Gasteiger partial charge in [0, 0.05) is 17.1 Å². The van der Waals surface area contributed by atoms with Crippen molar-refractivity contribution in [3.63, 3.8) is 0 Å². The van der Waals surface area contributed by atoms with Gasteiger partial charge in [0.25, 0.3) is 5.91 Å². The van der Waals surface area contributed by atoms with Gasteiger partial charge in [0.1, 0.15) is 0 Å². The molecule has 0 bridgehead atoms. The van der Waals surface area contributed by atoms with E-state index in [2.05, 4.69) is 53.5 Å². The van der Waals surface area contributed by atoms with E-state index < -0.39 is 5.91 Å². The Morgan fingerprint density at radius 1 is 0.800 bits per heavy atom. The average molecular weight is 326 g/mol. The van der Waals surface area contributed by atoms with Crippen molar-refractivity contribution in [2.24, 2.45) is 5.73 Å². The van der Waals surface area contributed by atoms with Crippen LogP contribution in [0.25, 0.3) is 22.0 Å². The Kier molecular flexibility index (Phi) is 3.82. The van der Waals surface area contributed by atoms with E-state index in [1.807, 2.05) is 24.3 Å². The van der Waals surface area contributed by atoms with E-state index in [1.165, 1.54) is 22.3 Å². The molecule has 3 N–H and O–H groups in total. The summed E-state index contributed by atoms with van der Waals surface area (Å²) in [6.45, 7) is 0. The zero-order valence-electron chi connectivity index (χ0n) is 13.7.